The van der Waals surface area contributed by atoms with Crippen LogP contribution in [0.15, 0.2) is 36.8 Å². The first-order valence-corrected chi connectivity index (χ1v) is 13.4. The molecule has 1 atom stereocenters. The molecule has 0 aliphatic carbocycles. The molecular formula is C28H33FN6O4. The molecule has 5 heterocycles. The Morgan fingerprint density at radius 2 is 2.03 bits per heavy atom. The van der Waals surface area contributed by atoms with E-state index in [0.29, 0.717) is 39.9 Å². The van der Waals surface area contributed by atoms with Gasteiger partial charge in [0.15, 0.2) is 5.65 Å². The van der Waals surface area contributed by atoms with Gasteiger partial charge in [-0.25, -0.2) is 13.9 Å². The van der Waals surface area contributed by atoms with Crippen molar-refractivity contribution in [2.45, 2.75) is 45.0 Å². The van der Waals surface area contributed by atoms with Gasteiger partial charge in [-0.05, 0) is 56.4 Å². The number of alkyl halides is 1. The number of aromatic nitrogens is 3. The molecule has 3 aliphatic rings. The molecular weight excluding hydrogens is 503 g/mol. The number of ether oxygens (including phenoxy) is 1. The summed E-state index contributed by atoms with van der Waals surface area (Å²) in [6, 6.07) is 5.39. The van der Waals surface area contributed by atoms with Crippen LogP contribution in [0.25, 0.3) is 5.65 Å². The second-order valence-electron chi connectivity index (χ2n) is 11.4. The van der Waals surface area contributed by atoms with Crippen molar-refractivity contribution in [3.63, 3.8) is 0 Å². The zero-order valence-corrected chi connectivity index (χ0v) is 22.1. The van der Waals surface area contributed by atoms with Crippen LogP contribution in [0.2, 0.25) is 0 Å². The van der Waals surface area contributed by atoms with Crippen molar-refractivity contribution in [1.82, 2.24) is 19.5 Å². The van der Waals surface area contributed by atoms with E-state index in [0.717, 1.165) is 44.8 Å². The highest BCUT2D eigenvalue weighted by molar-refractivity contribution is 6.10. The molecule has 0 bridgehead atoms. The molecule has 206 valence electrons. The monoisotopic (exact) mass is 536 g/mol. The fourth-order valence-electron chi connectivity index (χ4n) is 5.65. The number of rotatable bonds is 7. The summed E-state index contributed by atoms with van der Waals surface area (Å²) in [4.78, 5) is 34.6. The lowest BCUT2D eigenvalue weighted by molar-refractivity contribution is -0.0650. The standard InChI is InChI=1S/C28H33FN6O4/c1-28(2,38)24(29)14-34-13-18-10-22(32-26(36)21-12-31-35-7-3-6-30-25(21)35)23(11-20(18)27(34)37)33-8-4-17(5-9-33)19-15-39-16-19/h3,6-7,10-12,17,19,24,38H,4-5,8-9,13-16H2,1-2H3,(H,32,36)/t24-/m1/s1. The van der Waals surface area contributed by atoms with Gasteiger partial charge in [-0.1, -0.05) is 0 Å². The third-order valence-electron chi connectivity index (χ3n) is 8.23. The summed E-state index contributed by atoms with van der Waals surface area (Å²) in [5.74, 6) is 0.588. The van der Waals surface area contributed by atoms with Crippen molar-refractivity contribution in [3.8, 4) is 0 Å². The van der Waals surface area contributed by atoms with E-state index in [2.05, 4.69) is 20.3 Å². The maximum atomic E-state index is 14.7. The lowest BCUT2D eigenvalue weighted by atomic mass is 9.83. The first-order valence-electron chi connectivity index (χ1n) is 13.4. The van der Waals surface area contributed by atoms with E-state index >= 15 is 0 Å². The predicted molar refractivity (Wildman–Crippen MR) is 143 cm³/mol. The molecule has 0 radical (unpaired) electrons. The van der Waals surface area contributed by atoms with Gasteiger partial charge in [-0.15, -0.1) is 0 Å². The molecule has 0 unspecified atom stereocenters. The minimum Gasteiger partial charge on any atom is -0.387 e. The topological polar surface area (TPSA) is 112 Å². The molecule has 39 heavy (non-hydrogen) atoms. The smallest absolute Gasteiger partial charge is 0.261 e. The Kier molecular flexibility index (Phi) is 6.50. The number of benzene rings is 1. The highest BCUT2D eigenvalue weighted by atomic mass is 19.1. The molecule has 2 N–H and O–H groups in total. The highest BCUT2D eigenvalue weighted by Crippen LogP contribution is 2.38. The summed E-state index contributed by atoms with van der Waals surface area (Å²) in [6.07, 6.45) is 5.24. The third-order valence-corrected chi connectivity index (χ3v) is 8.23. The lowest BCUT2D eigenvalue weighted by Crippen LogP contribution is -2.42. The molecule has 2 fully saturated rings. The van der Waals surface area contributed by atoms with E-state index < -0.39 is 11.8 Å². The number of anilines is 2. The third kappa shape index (κ3) is 4.85. The normalized spacial score (nSPS) is 19.3. The van der Waals surface area contributed by atoms with Crippen LogP contribution >= 0.6 is 0 Å². The van der Waals surface area contributed by atoms with E-state index in [9.17, 15) is 19.1 Å². The number of hydrogen-bond donors (Lipinski definition) is 2. The SMILES string of the molecule is CC(C)(O)[C@H](F)CN1Cc2cc(NC(=O)c3cnn4cccnc34)c(N3CCC(C4COC4)CC3)cc2C1=O. The molecule has 2 saturated heterocycles. The number of piperidine rings is 1. The number of fused-ring (bicyclic) bond motifs is 2. The maximum Gasteiger partial charge on any atom is 0.261 e. The first-order chi connectivity index (χ1) is 18.7. The quantitative estimate of drug-likeness (QED) is 0.478. The van der Waals surface area contributed by atoms with Gasteiger partial charge in [0.1, 0.15) is 11.7 Å². The first kappa shape index (κ1) is 25.7. The van der Waals surface area contributed by atoms with Gasteiger partial charge in [-0.3, -0.25) is 9.59 Å². The number of amides is 2. The molecule has 1 aromatic carbocycles. The Bertz CT molecular complexity index is 1410. The number of halogens is 1. The molecule has 2 aromatic heterocycles. The lowest BCUT2D eigenvalue weighted by Gasteiger charge is -2.41. The molecule has 3 aromatic rings. The maximum absolute atomic E-state index is 14.7. The number of hydrogen-bond acceptors (Lipinski definition) is 7. The zero-order chi connectivity index (χ0) is 27.3. The van der Waals surface area contributed by atoms with Gasteiger partial charge < -0.3 is 25.0 Å². The minimum absolute atomic E-state index is 0.204. The van der Waals surface area contributed by atoms with Crippen LogP contribution in [0.4, 0.5) is 15.8 Å². The molecule has 0 spiro atoms. The molecule has 10 nitrogen and oxygen atoms in total. The van der Waals surface area contributed by atoms with Crippen LogP contribution in [0.3, 0.4) is 0 Å². The van der Waals surface area contributed by atoms with E-state index in [-0.39, 0.29) is 24.9 Å². The Labute approximate surface area is 225 Å². The van der Waals surface area contributed by atoms with Crippen molar-refractivity contribution in [1.29, 1.82) is 0 Å². The molecule has 6 rings (SSSR count). The van der Waals surface area contributed by atoms with Crippen LogP contribution in [-0.2, 0) is 11.3 Å². The summed E-state index contributed by atoms with van der Waals surface area (Å²) in [6.45, 7) is 6.02. The highest BCUT2D eigenvalue weighted by Gasteiger charge is 2.37. The van der Waals surface area contributed by atoms with Gasteiger partial charge in [0, 0.05) is 43.5 Å². The van der Waals surface area contributed by atoms with Crippen LogP contribution in [0.5, 0.6) is 0 Å². The Morgan fingerprint density at radius 1 is 1.26 bits per heavy atom. The zero-order valence-electron chi connectivity index (χ0n) is 22.1. The van der Waals surface area contributed by atoms with Crippen LogP contribution < -0.4 is 10.2 Å². The molecule has 2 amide bonds. The number of nitrogens with one attached hydrogen (secondary N) is 1. The second-order valence-corrected chi connectivity index (χ2v) is 11.4. The number of carbonyl (C=O) groups excluding carboxylic acids is 2. The van der Waals surface area contributed by atoms with E-state index in [1.165, 1.54) is 24.9 Å². The van der Waals surface area contributed by atoms with Gasteiger partial charge >= 0.3 is 0 Å². The van der Waals surface area contributed by atoms with Gasteiger partial charge in [-0.2, -0.15) is 5.10 Å². The van der Waals surface area contributed by atoms with Crippen molar-refractivity contribution >= 4 is 28.8 Å². The summed E-state index contributed by atoms with van der Waals surface area (Å²) in [5, 5.41) is 17.3. The van der Waals surface area contributed by atoms with E-state index in [1.807, 2.05) is 12.1 Å². The van der Waals surface area contributed by atoms with Crippen molar-refractivity contribution in [3.05, 3.63) is 53.5 Å². The van der Waals surface area contributed by atoms with Crippen LogP contribution in [-0.4, -0.2) is 81.0 Å². The fourth-order valence-corrected chi connectivity index (χ4v) is 5.65. The fraction of sp³-hybridized carbons (Fsp3) is 0.500. The van der Waals surface area contributed by atoms with Gasteiger partial charge in [0.25, 0.3) is 11.8 Å². The molecule has 3 aliphatic heterocycles. The number of nitrogens with zero attached hydrogens (tertiary/aromatic N) is 5. The van der Waals surface area contributed by atoms with Crippen molar-refractivity contribution < 1.29 is 23.8 Å². The van der Waals surface area contributed by atoms with E-state index in [1.54, 1.807) is 23.0 Å². The van der Waals surface area contributed by atoms with Crippen LogP contribution in [0.1, 0.15) is 53.0 Å². The molecule has 11 heteroatoms. The average Bonchev–Trinajstić information content (AvgIpc) is 3.43. The summed E-state index contributed by atoms with van der Waals surface area (Å²) in [7, 11) is 0. The summed E-state index contributed by atoms with van der Waals surface area (Å²) in [5.41, 5.74) is 1.80. The Balaban J connectivity index is 1.30. The summed E-state index contributed by atoms with van der Waals surface area (Å²) >= 11 is 0. The number of aliphatic hydroxyl groups is 1. The van der Waals surface area contributed by atoms with E-state index in [4.69, 9.17) is 4.74 Å². The second kappa shape index (κ2) is 9.87. The number of carbonyl (C=O) groups is 2. The van der Waals surface area contributed by atoms with Crippen molar-refractivity contribution in [2.75, 3.05) is 43.1 Å². The largest absolute Gasteiger partial charge is 0.387 e. The molecule has 0 saturated carbocycles. The van der Waals surface area contributed by atoms with Gasteiger partial charge in [0.2, 0.25) is 0 Å². The summed E-state index contributed by atoms with van der Waals surface area (Å²) < 4.78 is 21.6. The van der Waals surface area contributed by atoms with Crippen molar-refractivity contribution in [2.24, 2.45) is 11.8 Å². The minimum atomic E-state index is -1.59. The Hall–Kier alpha value is -3.57. The Morgan fingerprint density at radius 3 is 2.72 bits per heavy atom. The van der Waals surface area contributed by atoms with Gasteiger partial charge in [0.05, 0.1) is 42.9 Å². The van der Waals surface area contributed by atoms with Crippen LogP contribution in [0, 0.1) is 11.8 Å². The average molecular weight is 537 g/mol. The predicted octanol–water partition coefficient (Wildman–Crippen LogP) is 2.91.